The maximum absolute atomic E-state index is 13.5. The van der Waals surface area contributed by atoms with Gasteiger partial charge in [-0.3, -0.25) is 4.79 Å². The van der Waals surface area contributed by atoms with E-state index < -0.39 is 11.6 Å². The highest BCUT2D eigenvalue weighted by Crippen LogP contribution is 2.14. The lowest BCUT2D eigenvalue weighted by atomic mass is 10.1. The quantitative estimate of drug-likeness (QED) is 0.807. The first-order valence-electron chi connectivity index (χ1n) is 6.89. The van der Waals surface area contributed by atoms with Crippen molar-refractivity contribution >= 4 is 5.91 Å². The SMILES string of the molecule is CCNC(C)CC(=O)NC(C)Cc1c(F)cccc1F. The van der Waals surface area contributed by atoms with Crippen LogP contribution in [0.1, 0.15) is 32.8 Å². The molecule has 0 spiro atoms. The largest absolute Gasteiger partial charge is 0.353 e. The molecule has 20 heavy (non-hydrogen) atoms. The van der Waals surface area contributed by atoms with Gasteiger partial charge in [0.1, 0.15) is 11.6 Å². The number of benzene rings is 1. The van der Waals surface area contributed by atoms with E-state index >= 15 is 0 Å². The minimum absolute atomic E-state index is 0.0139. The molecule has 2 atom stereocenters. The lowest BCUT2D eigenvalue weighted by Gasteiger charge is -2.17. The van der Waals surface area contributed by atoms with E-state index in [1.54, 1.807) is 6.92 Å². The Morgan fingerprint density at radius 2 is 1.80 bits per heavy atom. The molecule has 5 heteroatoms. The molecule has 0 bridgehead atoms. The maximum Gasteiger partial charge on any atom is 0.221 e. The van der Waals surface area contributed by atoms with Crippen molar-refractivity contribution in [2.45, 2.75) is 45.7 Å². The summed E-state index contributed by atoms with van der Waals surface area (Å²) in [6.45, 7) is 6.42. The van der Waals surface area contributed by atoms with E-state index in [1.165, 1.54) is 18.2 Å². The number of carbonyl (C=O) groups is 1. The third-order valence-electron chi connectivity index (χ3n) is 3.02. The zero-order valence-electron chi connectivity index (χ0n) is 12.2. The van der Waals surface area contributed by atoms with E-state index in [0.29, 0.717) is 6.42 Å². The highest BCUT2D eigenvalue weighted by Gasteiger charge is 2.15. The van der Waals surface area contributed by atoms with Gasteiger partial charge in [0.2, 0.25) is 5.91 Å². The van der Waals surface area contributed by atoms with Gasteiger partial charge in [0.05, 0.1) is 0 Å². The van der Waals surface area contributed by atoms with Gasteiger partial charge < -0.3 is 10.6 Å². The van der Waals surface area contributed by atoms with E-state index in [4.69, 9.17) is 0 Å². The van der Waals surface area contributed by atoms with E-state index in [0.717, 1.165) is 6.54 Å². The third-order valence-corrected chi connectivity index (χ3v) is 3.02. The molecule has 0 aliphatic carbocycles. The van der Waals surface area contributed by atoms with Gasteiger partial charge in [0.25, 0.3) is 0 Å². The minimum Gasteiger partial charge on any atom is -0.353 e. The second-order valence-electron chi connectivity index (χ2n) is 5.04. The predicted octanol–water partition coefficient (Wildman–Crippen LogP) is 2.40. The summed E-state index contributed by atoms with van der Waals surface area (Å²) in [5.74, 6) is -1.28. The Kier molecular flexibility index (Phi) is 6.58. The van der Waals surface area contributed by atoms with Crippen LogP contribution in [-0.4, -0.2) is 24.5 Å². The fraction of sp³-hybridized carbons (Fsp3) is 0.533. The Hall–Kier alpha value is -1.49. The van der Waals surface area contributed by atoms with Crippen LogP contribution in [0, 0.1) is 11.6 Å². The predicted molar refractivity (Wildman–Crippen MR) is 75.4 cm³/mol. The maximum atomic E-state index is 13.5. The summed E-state index contributed by atoms with van der Waals surface area (Å²) in [4.78, 5) is 11.8. The summed E-state index contributed by atoms with van der Waals surface area (Å²) >= 11 is 0. The molecule has 1 aromatic rings. The van der Waals surface area contributed by atoms with Crippen LogP contribution >= 0.6 is 0 Å². The Bertz CT molecular complexity index is 431. The number of nitrogens with one attached hydrogen (secondary N) is 2. The summed E-state index contributed by atoms with van der Waals surface area (Å²) < 4.78 is 27.0. The van der Waals surface area contributed by atoms with Gasteiger partial charge in [-0.15, -0.1) is 0 Å². The van der Waals surface area contributed by atoms with Crippen molar-refractivity contribution < 1.29 is 13.6 Å². The first-order valence-corrected chi connectivity index (χ1v) is 6.89. The monoisotopic (exact) mass is 284 g/mol. The average molecular weight is 284 g/mol. The molecule has 0 fully saturated rings. The van der Waals surface area contributed by atoms with Crippen molar-refractivity contribution in [1.82, 2.24) is 10.6 Å². The van der Waals surface area contributed by atoms with Gasteiger partial charge in [-0.1, -0.05) is 13.0 Å². The topological polar surface area (TPSA) is 41.1 Å². The van der Waals surface area contributed by atoms with E-state index in [-0.39, 0.29) is 30.0 Å². The lowest BCUT2D eigenvalue weighted by molar-refractivity contribution is -0.122. The van der Waals surface area contributed by atoms with Crippen molar-refractivity contribution in [2.75, 3.05) is 6.54 Å². The second-order valence-corrected chi connectivity index (χ2v) is 5.04. The van der Waals surface area contributed by atoms with Crippen molar-refractivity contribution in [1.29, 1.82) is 0 Å². The van der Waals surface area contributed by atoms with Crippen LogP contribution in [0.4, 0.5) is 8.78 Å². The van der Waals surface area contributed by atoms with Crippen LogP contribution in [-0.2, 0) is 11.2 Å². The summed E-state index contributed by atoms with van der Waals surface area (Å²) in [5.41, 5.74) is 0.0139. The Morgan fingerprint density at radius 1 is 1.20 bits per heavy atom. The highest BCUT2D eigenvalue weighted by molar-refractivity contribution is 5.76. The molecule has 2 N–H and O–H groups in total. The molecule has 0 heterocycles. The van der Waals surface area contributed by atoms with Gasteiger partial charge in [0.15, 0.2) is 0 Å². The number of carbonyl (C=O) groups excluding carboxylic acids is 1. The van der Waals surface area contributed by atoms with Gasteiger partial charge in [-0.25, -0.2) is 8.78 Å². The molecule has 2 unspecified atom stereocenters. The summed E-state index contributed by atoms with van der Waals surface area (Å²) in [6, 6.07) is 3.54. The van der Waals surface area contributed by atoms with E-state index in [9.17, 15) is 13.6 Å². The number of rotatable bonds is 7. The van der Waals surface area contributed by atoms with Crippen LogP contribution in [0.25, 0.3) is 0 Å². The Morgan fingerprint density at radius 3 is 2.35 bits per heavy atom. The molecule has 0 aliphatic heterocycles. The van der Waals surface area contributed by atoms with Crippen LogP contribution in [0.2, 0.25) is 0 Å². The molecular weight excluding hydrogens is 262 g/mol. The molecule has 112 valence electrons. The summed E-state index contributed by atoms with van der Waals surface area (Å²) in [7, 11) is 0. The molecule has 1 aromatic carbocycles. The minimum atomic E-state index is -0.577. The average Bonchev–Trinajstić information content (AvgIpc) is 2.34. The van der Waals surface area contributed by atoms with Gasteiger partial charge in [-0.2, -0.15) is 0 Å². The van der Waals surface area contributed by atoms with Crippen LogP contribution in [0.3, 0.4) is 0 Å². The molecule has 1 amide bonds. The lowest BCUT2D eigenvalue weighted by Crippen LogP contribution is -2.38. The van der Waals surface area contributed by atoms with E-state index in [2.05, 4.69) is 10.6 Å². The first kappa shape index (κ1) is 16.6. The van der Waals surface area contributed by atoms with Gasteiger partial charge >= 0.3 is 0 Å². The van der Waals surface area contributed by atoms with Crippen molar-refractivity contribution in [2.24, 2.45) is 0 Å². The summed E-state index contributed by atoms with van der Waals surface area (Å²) in [6.07, 6.45) is 0.484. The van der Waals surface area contributed by atoms with Crippen molar-refractivity contribution in [3.8, 4) is 0 Å². The molecule has 0 aromatic heterocycles. The Labute approximate surface area is 118 Å². The zero-order valence-corrected chi connectivity index (χ0v) is 12.2. The number of halogens is 2. The number of hydrogen-bond acceptors (Lipinski definition) is 2. The molecule has 0 saturated heterocycles. The smallest absolute Gasteiger partial charge is 0.221 e. The van der Waals surface area contributed by atoms with Crippen molar-refractivity contribution in [3.05, 3.63) is 35.4 Å². The number of hydrogen-bond donors (Lipinski definition) is 2. The molecule has 3 nitrogen and oxygen atoms in total. The van der Waals surface area contributed by atoms with Crippen LogP contribution in [0.5, 0.6) is 0 Å². The second kappa shape index (κ2) is 7.94. The van der Waals surface area contributed by atoms with Crippen LogP contribution < -0.4 is 10.6 Å². The molecule has 0 aliphatic rings. The van der Waals surface area contributed by atoms with Crippen molar-refractivity contribution in [3.63, 3.8) is 0 Å². The highest BCUT2D eigenvalue weighted by atomic mass is 19.1. The third kappa shape index (κ3) is 5.25. The zero-order chi connectivity index (χ0) is 15.1. The van der Waals surface area contributed by atoms with E-state index in [1.807, 2.05) is 13.8 Å². The standard InChI is InChI=1S/C15H22F2N2O/c1-4-18-10(2)9-15(20)19-11(3)8-12-13(16)6-5-7-14(12)17/h5-7,10-11,18H,4,8-9H2,1-3H3,(H,19,20). The fourth-order valence-electron chi connectivity index (χ4n) is 2.12. The fourth-order valence-corrected chi connectivity index (χ4v) is 2.12. The molecule has 1 rings (SSSR count). The normalized spacial score (nSPS) is 13.8. The molecule has 0 radical (unpaired) electrons. The number of amides is 1. The molecular formula is C15H22F2N2O. The molecule has 0 saturated carbocycles. The van der Waals surface area contributed by atoms with Gasteiger partial charge in [0, 0.05) is 24.1 Å². The Balaban J connectivity index is 2.51. The van der Waals surface area contributed by atoms with Gasteiger partial charge in [-0.05, 0) is 38.9 Å². The summed E-state index contributed by atoms with van der Waals surface area (Å²) in [5, 5.41) is 5.90. The van der Waals surface area contributed by atoms with Crippen LogP contribution in [0.15, 0.2) is 18.2 Å². The first-order chi connectivity index (χ1) is 9.43.